The van der Waals surface area contributed by atoms with Crippen molar-refractivity contribution in [2.24, 2.45) is 13.0 Å². The van der Waals surface area contributed by atoms with Gasteiger partial charge in [-0.3, -0.25) is 9.88 Å². The topological polar surface area (TPSA) is 46.0 Å². The first-order chi connectivity index (χ1) is 12.6. The molecule has 0 bridgehead atoms. The van der Waals surface area contributed by atoms with Crippen LogP contribution < -0.4 is 5.32 Å². The van der Waals surface area contributed by atoms with Gasteiger partial charge in [-0.25, -0.2) is 9.37 Å². The molecule has 2 atom stereocenters. The summed E-state index contributed by atoms with van der Waals surface area (Å²) in [7, 11) is 4.23. The van der Waals surface area contributed by atoms with E-state index >= 15 is 0 Å². The van der Waals surface area contributed by atoms with E-state index in [4.69, 9.17) is 0 Å². The Morgan fingerprint density at radius 3 is 2.96 bits per heavy atom. The van der Waals surface area contributed by atoms with Crippen LogP contribution in [0.1, 0.15) is 24.6 Å². The lowest BCUT2D eigenvalue weighted by Crippen LogP contribution is -2.39. The minimum Gasteiger partial charge on any atom is -0.384 e. The first-order valence-electron chi connectivity index (χ1n) is 9.08. The van der Waals surface area contributed by atoms with Crippen molar-refractivity contribution in [1.29, 1.82) is 0 Å². The monoisotopic (exact) mass is 353 g/mol. The summed E-state index contributed by atoms with van der Waals surface area (Å²) in [5.74, 6) is 0.178. The Hall–Kier alpha value is -2.47. The molecule has 1 aliphatic heterocycles. The first-order valence-corrected chi connectivity index (χ1v) is 9.08. The molecule has 0 unspecified atom stereocenters. The van der Waals surface area contributed by atoms with Gasteiger partial charge in [-0.2, -0.15) is 0 Å². The van der Waals surface area contributed by atoms with Crippen molar-refractivity contribution in [2.75, 3.05) is 25.5 Å². The summed E-state index contributed by atoms with van der Waals surface area (Å²) >= 11 is 0. The van der Waals surface area contributed by atoms with E-state index < -0.39 is 0 Å². The molecule has 0 radical (unpaired) electrons. The molecule has 6 heteroatoms. The summed E-state index contributed by atoms with van der Waals surface area (Å²) in [4.78, 5) is 10.9. The molecule has 1 N–H and O–H groups in total. The Morgan fingerprint density at radius 2 is 2.15 bits per heavy atom. The van der Waals surface area contributed by atoms with Crippen molar-refractivity contribution in [2.45, 2.75) is 18.9 Å². The van der Waals surface area contributed by atoms with E-state index in [1.165, 1.54) is 18.2 Å². The molecule has 3 heterocycles. The number of likely N-dealkylation sites (tertiary alicyclic amines) is 1. The quantitative estimate of drug-likeness (QED) is 0.778. The van der Waals surface area contributed by atoms with Gasteiger partial charge in [0.25, 0.3) is 0 Å². The maximum absolute atomic E-state index is 14.0. The lowest BCUT2D eigenvalue weighted by molar-refractivity contribution is 0.122. The Morgan fingerprint density at radius 1 is 1.27 bits per heavy atom. The van der Waals surface area contributed by atoms with Crippen molar-refractivity contribution >= 4 is 16.6 Å². The van der Waals surface area contributed by atoms with E-state index in [0.717, 1.165) is 30.6 Å². The number of aryl methyl sites for hydroxylation is 1. The van der Waals surface area contributed by atoms with E-state index in [0.29, 0.717) is 17.5 Å². The highest BCUT2D eigenvalue weighted by Crippen LogP contribution is 2.35. The van der Waals surface area contributed by atoms with E-state index in [1.54, 1.807) is 12.3 Å². The lowest BCUT2D eigenvalue weighted by Gasteiger charge is -2.39. The number of rotatable bonds is 4. The molecule has 2 aromatic heterocycles. The van der Waals surface area contributed by atoms with Crippen LogP contribution in [0.25, 0.3) is 10.9 Å². The van der Waals surface area contributed by atoms with Gasteiger partial charge >= 0.3 is 0 Å². The van der Waals surface area contributed by atoms with Crippen LogP contribution >= 0.6 is 0 Å². The number of piperidine rings is 1. The Labute approximate surface area is 152 Å². The number of anilines is 1. The number of nitrogens with one attached hydrogen (secondary N) is 1. The van der Waals surface area contributed by atoms with Crippen LogP contribution in [0.4, 0.5) is 10.1 Å². The number of hydrogen-bond acceptors (Lipinski definition) is 4. The number of fused-ring (bicyclic) bond motifs is 1. The highest BCUT2D eigenvalue weighted by atomic mass is 19.1. The zero-order valence-electron chi connectivity index (χ0n) is 15.2. The molecule has 0 saturated carbocycles. The maximum atomic E-state index is 14.0. The van der Waals surface area contributed by atoms with Crippen molar-refractivity contribution in [3.05, 3.63) is 54.5 Å². The Balaban J connectivity index is 1.59. The van der Waals surface area contributed by atoms with Gasteiger partial charge in [-0.15, -0.1) is 0 Å². The molecule has 1 aliphatic rings. The van der Waals surface area contributed by atoms with Gasteiger partial charge in [0.1, 0.15) is 11.3 Å². The first kappa shape index (κ1) is 17.0. The second-order valence-electron chi connectivity index (χ2n) is 7.13. The van der Waals surface area contributed by atoms with E-state index in [-0.39, 0.29) is 5.82 Å². The molecule has 1 aromatic carbocycles. The zero-order chi connectivity index (χ0) is 18.1. The summed E-state index contributed by atoms with van der Waals surface area (Å²) in [6.07, 6.45) is 7.84. The number of pyridine rings is 1. The highest BCUT2D eigenvalue weighted by molar-refractivity contribution is 5.91. The van der Waals surface area contributed by atoms with Gasteiger partial charge in [0.15, 0.2) is 0 Å². The standard InChI is InChI=1S/C20H24FN5/c1-25-10-4-5-14(20(25)18-12-22-13-26(18)2)11-24-17-8-9-23-19-15(17)6-3-7-16(19)21/h3,6-9,12-14,20H,4-5,10-11H2,1-2H3,(H,23,24)/t14-,20+/m0/s1. The minimum absolute atomic E-state index is 0.281. The van der Waals surface area contributed by atoms with Crippen LogP contribution in [0.15, 0.2) is 43.0 Å². The van der Waals surface area contributed by atoms with Crippen molar-refractivity contribution < 1.29 is 4.39 Å². The molecule has 5 nitrogen and oxygen atoms in total. The lowest BCUT2D eigenvalue weighted by atomic mass is 9.87. The van der Waals surface area contributed by atoms with Gasteiger partial charge in [0.2, 0.25) is 0 Å². The van der Waals surface area contributed by atoms with Crippen LogP contribution in [0, 0.1) is 11.7 Å². The average Bonchev–Trinajstić information content (AvgIpc) is 3.06. The van der Waals surface area contributed by atoms with Crippen LogP contribution in [-0.2, 0) is 7.05 Å². The fourth-order valence-corrected chi connectivity index (χ4v) is 4.13. The molecule has 136 valence electrons. The molecule has 0 spiro atoms. The molecular formula is C20H24FN5. The summed E-state index contributed by atoms with van der Waals surface area (Å²) in [5, 5.41) is 4.38. The molecule has 1 saturated heterocycles. The SMILES string of the molecule is CN1CCC[C@@H](CNc2ccnc3c(F)cccc23)[C@@H]1c1cncn1C. The van der Waals surface area contributed by atoms with Crippen LogP contribution in [-0.4, -0.2) is 39.6 Å². The van der Waals surface area contributed by atoms with E-state index in [2.05, 4.69) is 38.8 Å². The Kier molecular flexibility index (Phi) is 4.59. The number of halogens is 1. The normalized spacial score (nSPS) is 21.2. The second-order valence-corrected chi connectivity index (χ2v) is 7.13. The summed E-state index contributed by atoms with van der Waals surface area (Å²) in [6.45, 7) is 1.92. The van der Waals surface area contributed by atoms with Crippen LogP contribution in [0.2, 0.25) is 0 Å². The number of para-hydroxylation sites is 1. The van der Waals surface area contributed by atoms with Crippen molar-refractivity contribution in [3.8, 4) is 0 Å². The van der Waals surface area contributed by atoms with Crippen LogP contribution in [0.3, 0.4) is 0 Å². The maximum Gasteiger partial charge on any atom is 0.149 e. The minimum atomic E-state index is -0.281. The molecule has 0 aliphatic carbocycles. The Bertz CT molecular complexity index is 906. The number of imidazole rings is 1. The summed E-state index contributed by atoms with van der Waals surface area (Å²) < 4.78 is 16.1. The fourth-order valence-electron chi connectivity index (χ4n) is 4.13. The highest BCUT2D eigenvalue weighted by Gasteiger charge is 2.32. The number of aromatic nitrogens is 3. The third-order valence-corrected chi connectivity index (χ3v) is 5.44. The smallest absolute Gasteiger partial charge is 0.149 e. The number of nitrogens with zero attached hydrogens (tertiary/aromatic N) is 4. The summed E-state index contributed by atoms with van der Waals surface area (Å²) in [5.41, 5.74) is 2.59. The number of hydrogen-bond donors (Lipinski definition) is 1. The van der Waals surface area contributed by atoms with Crippen LogP contribution in [0.5, 0.6) is 0 Å². The molecule has 3 aromatic rings. The molecule has 0 amide bonds. The predicted molar refractivity (Wildman–Crippen MR) is 101 cm³/mol. The van der Waals surface area contributed by atoms with E-state index in [9.17, 15) is 4.39 Å². The predicted octanol–water partition coefficient (Wildman–Crippen LogP) is 3.60. The third kappa shape index (κ3) is 3.05. The van der Waals surface area contributed by atoms with Crippen molar-refractivity contribution in [3.63, 3.8) is 0 Å². The molecule has 4 rings (SSSR count). The van der Waals surface area contributed by atoms with Gasteiger partial charge in [-0.1, -0.05) is 12.1 Å². The van der Waals surface area contributed by atoms with Gasteiger partial charge in [0.05, 0.1) is 18.1 Å². The largest absolute Gasteiger partial charge is 0.384 e. The fraction of sp³-hybridized carbons (Fsp3) is 0.400. The average molecular weight is 353 g/mol. The van der Waals surface area contributed by atoms with Crippen molar-refractivity contribution in [1.82, 2.24) is 19.4 Å². The third-order valence-electron chi connectivity index (χ3n) is 5.44. The number of benzene rings is 1. The van der Waals surface area contributed by atoms with E-state index in [1.807, 2.05) is 24.7 Å². The van der Waals surface area contributed by atoms with Gasteiger partial charge < -0.3 is 9.88 Å². The molecule has 26 heavy (non-hydrogen) atoms. The molecule has 1 fully saturated rings. The summed E-state index contributed by atoms with van der Waals surface area (Å²) in [6, 6.07) is 7.35. The second kappa shape index (κ2) is 7.03. The molecular weight excluding hydrogens is 329 g/mol. The van der Waals surface area contributed by atoms with Gasteiger partial charge in [0, 0.05) is 37.1 Å². The zero-order valence-corrected chi connectivity index (χ0v) is 15.2. The van der Waals surface area contributed by atoms with Gasteiger partial charge in [-0.05, 0) is 44.5 Å².